The van der Waals surface area contributed by atoms with Crippen molar-refractivity contribution in [2.75, 3.05) is 0 Å². The highest BCUT2D eigenvalue weighted by Gasteiger charge is 2.10. The molecule has 0 atom stereocenters. The number of carboxylic acids is 1. The second kappa shape index (κ2) is 6.25. The van der Waals surface area contributed by atoms with Gasteiger partial charge in [0, 0.05) is 28.3 Å². The number of benzene rings is 1. The summed E-state index contributed by atoms with van der Waals surface area (Å²) in [5.41, 5.74) is 0.281. The van der Waals surface area contributed by atoms with Crippen LogP contribution in [0.1, 0.15) is 23.1 Å². The van der Waals surface area contributed by atoms with Gasteiger partial charge in [-0.25, -0.2) is 9.78 Å². The monoisotopic (exact) mass is 340 g/mol. The third kappa shape index (κ3) is 3.39. The van der Waals surface area contributed by atoms with Crippen LogP contribution in [-0.2, 0) is 12.3 Å². The number of carbonyl (C=O) groups is 1. The molecule has 0 amide bonds. The predicted octanol–water partition coefficient (Wildman–Crippen LogP) is 3.66. The Morgan fingerprint density at radius 3 is 3.00 bits per heavy atom. The molecular formula is C13H13BrN2O2S. The minimum absolute atomic E-state index is 0.281. The number of aromatic nitrogens is 2. The quantitative estimate of drug-likeness (QED) is 0.844. The Kier molecular flexibility index (Phi) is 4.66. The highest BCUT2D eigenvalue weighted by molar-refractivity contribution is 9.10. The molecule has 1 aromatic heterocycles. The van der Waals surface area contributed by atoms with Crippen LogP contribution in [0.2, 0.25) is 0 Å². The number of hydrogen-bond acceptors (Lipinski definition) is 3. The van der Waals surface area contributed by atoms with E-state index in [0.29, 0.717) is 4.47 Å². The molecule has 0 saturated heterocycles. The summed E-state index contributed by atoms with van der Waals surface area (Å²) in [7, 11) is 0. The van der Waals surface area contributed by atoms with E-state index in [0.717, 1.165) is 23.0 Å². The summed E-state index contributed by atoms with van der Waals surface area (Å²) in [5, 5.41) is 9.07. The molecule has 1 aromatic carbocycles. The van der Waals surface area contributed by atoms with Gasteiger partial charge in [0.15, 0.2) is 0 Å². The van der Waals surface area contributed by atoms with Gasteiger partial charge in [0.25, 0.3) is 0 Å². The van der Waals surface area contributed by atoms with Crippen molar-refractivity contribution in [1.29, 1.82) is 0 Å². The number of carboxylic acid groups (broad SMARTS) is 1. The first kappa shape index (κ1) is 14.1. The Hall–Kier alpha value is -1.27. The lowest BCUT2D eigenvalue weighted by molar-refractivity contribution is 0.0695. The van der Waals surface area contributed by atoms with Gasteiger partial charge < -0.3 is 9.67 Å². The third-order valence-electron chi connectivity index (χ3n) is 2.68. The van der Waals surface area contributed by atoms with Crippen LogP contribution in [-0.4, -0.2) is 20.6 Å². The molecule has 0 unspecified atom stereocenters. The minimum Gasteiger partial charge on any atom is -0.478 e. The molecule has 4 nitrogen and oxygen atoms in total. The average molecular weight is 341 g/mol. The maximum atomic E-state index is 11.1. The first-order valence-electron chi connectivity index (χ1n) is 5.77. The number of halogens is 1. The largest absolute Gasteiger partial charge is 0.478 e. The molecule has 0 fully saturated rings. The maximum absolute atomic E-state index is 11.1. The summed E-state index contributed by atoms with van der Waals surface area (Å²) in [4.78, 5) is 16.3. The summed E-state index contributed by atoms with van der Waals surface area (Å²) < 4.78 is 2.67. The van der Waals surface area contributed by atoms with E-state index in [1.54, 1.807) is 30.1 Å². The van der Waals surface area contributed by atoms with Crippen molar-refractivity contribution in [3.05, 3.63) is 46.5 Å². The van der Waals surface area contributed by atoms with Crippen LogP contribution in [0.3, 0.4) is 0 Å². The zero-order valence-corrected chi connectivity index (χ0v) is 12.7. The number of thioether (sulfide) groups is 1. The minimum atomic E-state index is -0.926. The Morgan fingerprint density at radius 2 is 2.32 bits per heavy atom. The zero-order chi connectivity index (χ0) is 13.8. The second-order valence-electron chi connectivity index (χ2n) is 3.86. The number of aromatic carboxylic acids is 1. The van der Waals surface area contributed by atoms with Crippen LogP contribution in [0.4, 0.5) is 0 Å². The number of imidazole rings is 1. The molecule has 2 rings (SSSR count). The Morgan fingerprint density at radius 1 is 1.53 bits per heavy atom. The van der Waals surface area contributed by atoms with Gasteiger partial charge in [0.1, 0.15) is 5.82 Å². The molecule has 0 spiro atoms. The van der Waals surface area contributed by atoms with Crippen LogP contribution in [0.5, 0.6) is 0 Å². The van der Waals surface area contributed by atoms with Crippen molar-refractivity contribution in [2.45, 2.75) is 24.1 Å². The van der Waals surface area contributed by atoms with Gasteiger partial charge in [0.05, 0.1) is 11.3 Å². The number of rotatable bonds is 5. The molecule has 1 heterocycles. The van der Waals surface area contributed by atoms with Gasteiger partial charge in [0.2, 0.25) is 0 Å². The van der Waals surface area contributed by atoms with E-state index in [1.165, 1.54) is 0 Å². The first-order valence-corrected chi connectivity index (χ1v) is 7.55. The smallest absolute Gasteiger partial charge is 0.336 e. The van der Waals surface area contributed by atoms with Crippen LogP contribution in [0.25, 0.3) is 0 Å². The van der Waals surface area contributed by atoms with Crippen molar-refractivity contribution >= 4 is 33.7 Å². The molecule has 6 heteroatoms. The fraction of sp³-hybridized carbons (Fsp3) is 0.231. The maximum Gasteiger partial charge on any atom is 0.336 e. The van der Waals surface area contributed by atoms with E-state index in [2.05, 4.69) is 32.4 Å². The molecule has 2 aromatic rings. The predicted molar refractivity (Wildman–Crippen MR) is 78.6 cm³/mol. The topological polar surface area (TPSA) is 55.1 Å². The molecule has 0 saturated carbocycles. The Bertz CT molecular complexity index is 598. The molecule has 0 aliphatic carbocycles. The van der Waals surface area contributed by atoms with Crippen molar-refractivity contribution in [2.24, 2.45) is 0 Å². The van der Waals surface area contributed by atoms with Crippen LogP contribution in [0, 0.1) is 0 Å². The Balaban J connectivity index is 2.12. The van der Waals surface area contributed by atoms with E-state index >= 15 is 0 Å². The van der Waals surface area contributed by atoms with E-state index < -0.39 is 5.97 Å². The van der Waals surface area contributed by atoms with Crippen molar-refractivity contribution in [3.8, 4) is 0 Å². The second-order valence-corrected chi connectivity index (χ2v) is 5.77. The fourth-order valence-electron chi connectivity index (χ4n) is 1.67. The molecule has 19 heavy (non-hydrogen) atoms. The highest BCUT2D eigenvalue weighted by Crippen LogP contribution is 2.27. The van der Waals surface area contributed by atoms with Crippen molar-refractivity contribution < 1.29 is 9.90 Å². The van der Waals surface area contributed by atoms with Gasteiger partial charge in [-0.05, 0) is 41.1 Å². The molecule has 1 N–H and O–H groups in total. The van der Waals surface area contributed by atoms with E-state index in [9.17, 15) is 4.79 Å². The van der Waals surface area contributed by atoms with Crippen LogP contribution in [0.15, 0.2) is 40.0 Å². The molecule has 100 valence electrons. The SMILES string of the molecule is CCn1ccnc1CSc1ccc(Br)c(C(=O)O)c1. The summed E-state index contributed by atoms with van der Waals surface area (Å²) in [6.45, 7) is 2.95. The summed E-state index contributed by atoms with van der Waals surface area (Å²) >= 11 is 4.82. The third-order valence-corrected chi connectivity index (χ3v) is 4.36. The van der Waals surface area contributed by atoms with E-state index in [-0.39, 0.29) is 5.56 Å². The van der Waals surface area contributed by atoms with Crippen molar-refractivity contribution in [1.82, 2.24) is 9.55 Å². The number of nitrogens with zero attached hydrogens (tertiary/aromatic N) is 2. The number of aryl methyl sites for hydroxylation is 1. The molecule has 0 aliphatic heterocycles. The summed E-state index contributed by atoms with van der Waals surface area (Å²) in [5.74, 6) is 0.790. The fourth-order valence-corrected chi connectivity index (χ4v) is 2.99. The lowest BCUT2D eigenvalue weighted by Crippen LogP contribution is -2.00. The first-order chi connectivity index (χ1) is 9.11. The van der Waals surface area contributed by atoms with Gasteiger partial charge >= 0.3 is 5.97 Å². The number of hydrogen-bond donors (Lipinski definition) is 1. The average Bonchev–Trinajstić information content (AvgIpc) is 2.84. The lowest BCUT2D eigenvalue weighted by atomic mass is 10.2. The summed E-state index contributed by atoms with van der Waals surface area (Å²) in [6.07, 6.45) is 3.73. The zero-order valence-electron chi connectivity index (χ0n) is 10.3. The van der Waals surface area contributed by atoms with Gasteiger partial charge in [-0.1, -0.05) is 0 Å². The molecular weight excluding hydrogens is 328 g/mol. The van der Waals surface area contributed by atoms with Crippen LogP contribution < -0.4 is 0 Å². The van der Waals surface area contributed by atoms with E-state index in [1.807, 2.05) is 12.3 Å². The highest BCUT2D eigenvalue weighted by atomic mass is 79.9. The summed E-state index contributed by atoms with van der Waals surface area (Å²) in [6, 6.07) is 5.34. The van der Waals surface area contributed by atoms with Gasteiger partial charge in [-0.3, -0.25) is 0 Å². The van der Waals surface area contributed by atoms with Crippen LogP contribution >= 0.6 is 27.7 Å². The van der Waals surface area contributed by atoms with Crippen molar-refractivity contribution in [3.63, 3.8) is 0 Å². The Labute approximate surface area is 124 Å². The molecule has 0 bridgehead atoms. The lowest BCUT2D eigenvalue weighted by Gasteiger charge is -2.06. The standard InChI is InChI=1S/C13H13BrN2O2S/c1-2-16-6-5-15-12(16)8-19-9-3-4-11(14)10(7-9)13(17)18/h3-7H,2,8H2,1H3,(H,17,18). The van der Waals surface area contributed by atoms with Gasteiger partial charge in [-0.15, -0.1) is 11.8 Å². The van der Waals surface area contributed by atoms with E-state index in [4.69, 9.17) is 5.11 Å². The van der Waals surface area contributed by atoms with Gasteiger partial charge in [-0.2, -0.15) is 0 Å². The molecule has 0 radical (unpaired) electrons. The normalized spacial score (nSPS) is 10.6. The molecule has 0 aliphatic rings.